The molecule has 1 nitrogen and oxygen atoms in total. The number of aryl methyl sites for hydroxylation is 1. The molecule has 0 N–H and O–H groups in total. The van der Waals surface area contributed by atoms with Gasteiger partial charge in [-0.25, -0.2) is 8.78 Å². The standard InChI is InChI=1S/C12H13BrF2O/c1-2-9-4-3-8(5-10(16)7-13)6-11(9)12(14)15/h3-4,6,12H,2,5,7H2,1H3. The second-order valence-electron chi connectivity index (χ2n) is 3.54. The van der Waals surface area contributed by atoms with Crippen molar-refractivity contribution < 1.29 is 13.6 Å². The van der Waals surface area contributed by atoms with Gasteiger partial charge in [0.05, 0.1) is 5.33 Å². The summed E-state index contributed by atoms with van der Waals surface area (Å²) in [7, 11) is 0. The maximum absolute atomic E-state index is 12.7. The number of carbonyl (C=O) groups excluding carboxylic acids is 1. The van der Waals surface area contributed by atoms with Gasteiger partial charge in [-0.3, -0.25) is 4.79 Å². The molecule has 0 atom stereocenters. The van der Waals surface area contributed by atoms with Gasteiger partial charge in [0.25, 0.3) is 6.43 Å². The molecule has 88 valence electrons. The zero-order chi connectivity index (χ0) is 12.1. The van der Waals surface area contributed by atoms with Gasteiger partial charge in [-0.1, -0.05) is 35.0 Å². The molecule has 1 aromatic rings. The first-order chi connectivity index (χ1) is 7.58. The Morgan fingerprint density at radius 2 is 2.12 bits per heavy atom. The van der Waals surface area contributed by atoms with Crippen LogP contribution in [0, 0.1) is 0 Å². The Balaban J connectivity index is 2.97. The highest BCUT2D eigenvalue weighted by Crippen LogP contribution is 2.25. The Kier molecular flexibility index (Phi) is 5.06. The van der Waals surface area contributed by atoms with Gasteiger partial charge in [0, 0.05) is 12.0 Å². The van der Waals surface area contributed by atoms with Gasteiger partial charge in [-0.05, 0) is 23.6 Å². The van der Waals surface area contributed by atoms with E-state index in [-0.39, 0.29) is 23.1 Å². The molecule has 0 heterocycles. The minimum Gasteiger partial charge on any atom is -0.298 e. The van der Waals surface area contributed by atoms with Gasteiger partial charge in [-0.15, -0.1) is 0 Å². The predicted molar refractivity (Wildman–Crippen MR) is 63.3 cm³/mol. The lowest BCUT2D eigenvalue weighted by Gasteiger charge is -2.09. The van der Waals surface area contributed by atoms with Crippen molar-refractivity contribution in [3.05, 3.63) is 34.9 Å². The fourth-order valence-corrected chi connectivity index (χ4v) is 1.75. The molecule has 0 aromatic heterocycles. The zero-order valence-electron chi connectivity index (χ0n) is 8.97. The molecule has 0 unspecified atom stereocenters. The van der Waals surface area contributed by atoms with Crippen molar-refractivity contribution in [1.29, 1.82) is 0 Å². The van der Waals surface area contributed by atoms with Gasteiger partial charge in [0.2, 0.25) is 0 Å². The maximum Gasteiger partial charge on any atom is 0.264 e. The average molecular weight is 291 g/mol. The summed E-state index contributed by atoms with van der Waals surface area (Å²) < 4.78 is 25.4. The van der Waals surface area contributed by atoms with E-state index in [1.165, 1.54) is 6.07 Å². The smallest absolute Gasteiger partial charge is 0.264 e. The first-order valence-corrected chi connectivity index (χ1v) is 6.18. The Morgan fingerprint density at radius 3 is 2.62 bits per heavy atom. The molecule has 0 fully saturated rings. The van der Waals surface area contributed by atoms with Gasteiger partial charge in [0.15, 0.2) is 0 Å². The molecule has 0 spiro atoms. The zero-order valence-corrected chi connectivity index (χ0v) is 10.6. The maximum atomic E-state index is 12.7. The fraction of sp³-hybridized carbons (Fsp3) is 0.417. The summed E-state index contributed by atoms with van der Waals surface area (Å²) in [6.07, 6.45) is -1.70. The first-order valence-electron chi connectivity index (χ1n) is 5.06. The molecule has 0 aliphatic heterocycles. The highest BCUT2D eigenvalue weighted by atomic mass is 79.9. The quantitative estimate of drug-likeness (QED) is 0.756. The van der Waals surface area contributed by atoms with Gasteiger partial charge >= 0.3 is 0 Å². The highest BCUT2D eigenvalue weighted by Gasteiger charge is 2.13. The van der Waals surface area contributed by atoms with E-state index in [0.717, 1.165) is 0 Å². The van der Waals surface area contributed by atoms with E-state index < -0.39 is 6.43 Å². The molecule has 4 heteroatoms. The number of hydrogen-bond donors (Lipinski definition) is 0. The molecule has 0 aliphatic rings. The van der Waals surface area contributed by atoms with Crippen LogP contribution in [0.4, 0.5) is 8.78 Å². The SMILES string of the molecule is CCc1ccc(CC(=O)CBr)cc1C(F)F. The molecule has 0 aliphatic carbocycles. The highest BCUT2D eigenvalue weighted by molar-refractivity contribution is 9.09. The number of benzene rings is 1. The van der Waals surface area contributed by atoms with E-state index in [9.17, 15) is 13.6 Å². The summed E-state index contributed by atoms with van der Waals surface area (Å²) in [4.78, 5) is 11.2. The third-order valence-electron chi connectivity index (χ3n) is 2.38. The van der Waals surface area contributed by atoms with E-state index in [2.05, 4.69) is 15.9 Å². The lowest BCUT2D eigenvalue weighted by molar-refractivity contribution is -0.115. The minimum absolute atomic E-state index is 0.00975. The van der Waals surface area contributed by atoms with Crippen molar-refractivity contribution >= 4 is 21.7 Å². The van der Waals surface area contributed by atoms with Crippen molar-refractivity contribution in [2.75, 3.05) is 5.33 Å². The largest absolute Gasteiger partial charge is 0.298 e. The molecule has 16 heavy (non-hydrogen) atoms. The molecule has 0 amide bonds. The van der Waals surface area contributed by atoms with Crippen LogP contribution in [0.15, 0.2) is 18.2 Å². The van der Waals surface area contributed by atoms with Gasteiger partial charge in [0.1, 0.15) is 5.78 Å². The summed E-state index contributed by atoms with van der Waals surface area (Å²) >= 11 is 3.05. The monoisotopic (exact) mass is 290 g/mol. The number of rotatable bonds is 5. The third kappa shape index (κ3) is 3.37. The second-order valence-corrected chi connectivity index (χ2v) is 4.10. The number of halogens is 3. The molecular formula is C12H13BrF2O. The van der Waals surface area contributed by atoms with E-state index >= 15 is 0 Å². The van der Waals surface area contributed by atoms with Crippen LogP contribution in [0.3, 0.4) is 0 Å². The van der Waals surface area contributed by atoms with Crippen LogP contribution < -0.4 is 0 Å². The second kappa shape index (κ2) is 6.09. The van der Waals surface area contributed by atoms with Crippen LogP contribution >= 0.6 is 15.9 Å². The average Bonchev–Trinajstić information content (AvgIpc) is 2.28. The fourth-order valence-electron chi connectivity index (χ4n) is 1.55. The molecule has 0 saturated carbocycles. The summed E-state index contributed by atoms with van der Waals surface area (Å²) in [5, 5.41) is 0.256. The number of ketones is 1. The summed E-state index contributed by atoms with van der Waals surface area (Å²) in [5.41, 5.74) is 1.34. The normalized spacial score (nSPS) is 10.8. The van der Waals surface area contributed by atoms with Crippen molar-refractivity contribution in [2.24, 2.45) is 0 Å². The van der Waals surface area contributed by atoms with E-state index in [1.54, 1.807) is 12.1 Å². The number of Topliss-reactive ketones (excluding diaryl/α,β-unsaturated/α-hetero) is 1. The van der Waals surface area contributed by atoms with Crippen molar-refractivity contribution in [1.82, 2.24) is 0 Å². The van der Waals surface area contributed by atoms with E-state index in [1.807, 2.05) is 6.92 Å². The van der Waals surface area contributed by atoms with E-state index in [4.69, 9.17) is 0 Å². The molecule has 0 radical (unpaired) electrons. The van der Waals surface area contributed by atoms with Gasteiger partial charge < -0.3 is 0 Å². The topological polar surface area (TPSA) is 17.1 Å². The molecule has 0 saturated heterocycles. The molecular weight excluding hydrogens is 278 g/mol. The number of carbonyl (C=O) groups is 1. The van der Waals surface area contributed by atoms with Crippen molar-refractivity contribution in [3.8, 4) is 0 Å². The van der Waals surface area contributed by atoms with Crippen molar-refractivity contribution in [3.63, 3.8) is 0 Å². The Labute approximate surface area is 102 Å². The third-order valence-corrected chi connectivity index (χ3v) is 3.00. The van der Waals surface area contributed by atoms with Crippen LogP contribution in [0.25, 0.3) is 0 Å². The van der Waals surface area contributed by atoms with Crippen molar-refractivity contribution in [2.45, 2.75) is 26.2 Å². The molecule has 1 rings (SSSR count). The van der Waals surface area contributed by atoms with Crippen LogP contribution in [0.2, 0.25) is 0 Å². The predicted octanol–water partition coefficient (Wildman–Crippen LogP) is 3.69. The van der Waals surface area contributed by atoms with E-state index in [0.29, 0.717) is 17.5 Å². The summed E-state index contributed by atoms with van der Waals surface area (Å²) in [6, 6.07) is 4.85. The van der Waals surface area contributed by atoms with Crippen LogP contribution in [-0.2, 0) is 17.6 Å². The number of alkyl halides is 3. The Bertz CT molecular complexity index is 377. The lowest BCUT2D eigenvalue weighted by Crippen LogP contribution is -2.05. The number of hydrogen-bond acceptors (Lipinski definition) is 1. The van der Waals surface area contributed by atoms with Crippen LogP contribution in [-0.4, -0.2) is 11.1 Å². The lowest BCUT2D eigenvalue weighted by atomic mass is 10.00. The van der Waals surface area contributed by atoms with Crippen LogP contribution in [0.1, 0.15) is 30.0 Å². The Morgan fingerprint density at radius 1 is 1.44 bits per heavy atom. The summed E-state index contributed by atoms with van der Waals surface area (Å²) in [6.45, 7) is 1.84. The van der Waals surface area contributed by atoms with Gasteiger partial charge in [-0.2, -0.15) is 0 Å². The Hall–Kier alpha value is -0.770. The minimum atomic E-state index is -2.48. The summed E-state index contributed by atoms with van der Waals surface area (Å²) in [5.74, 6) is -0.00975. The van der Waals surface area contributed by atoms with Crippen LogP contribution in [0.5, 0.6) is 0 Å². The molecule has 1 aromatic carbocycles. The molecule has 0 bridgehead atoms. The first kappa shape index (κ1) is 13.3.